The summed E-state index contributed by atoms with van der Waals surface area (Å²) >= 11 is 4.95. The third kappa shape index (κ3) is 4.50. The molecule has 2 heterocycles. The van der Waals surface area contributed by atoms with E-state index in [1.165, 1.54) is 11.8 Å². The van der Waals surface area contributed by atoms with Gasteiger partial charge in [0.1, 0.15) is 0 Å². The van der Waals surface area contributed by atoms with Gasteiger partial charge in [0, 0.05) is 21.8 Å². The molecule has 1 amide bonds. The summed E-state index contributed by atoms with van der Waals surface area (Å²) in [5.41, 5.74) is 4.10. The third-order valence-corrected chi connectivity index (χ3v) is 9.12. The molecule has 4 rings (SSSR count). The molecule has 8 heteroatoms. The maximum absolute atomic E-state index is 12.7. The first-order valence-electron chi connectivity index (χ1n) is 9.82. The summed E-state index contributed by atoms with van der Waals surface area (Å²) in [6.07, 6.45) is 0.965. The van der Waals surface area contributed by atoms with Crippen molar-refractivity contribution in [1.29, 1.82) is 0 Å². The Morgan fingerprint density at radius 3 is 2.50 bits per heavy atom. The van der Waals surface area contributed by atoms with E-state index in [0.717, 1.165) is 26.9 Å². The van der Waals surface area contributed by atoms with E-state index in [2.05, 4.69) is 20.9 Å². The van der Waals surface area contributed by atoms with E-state index in [4.69, 9.17) is 0 Å². The van der Waals surface area contributed by atoms with Gasteiger partial charge in [0.25, 0.3) is 0 Å². The molecule has 0 N–H and O–H groups in total. The number of carbonyl (C=O) groups excluding carboxylic acids is 1. The summed E-state index contributed by atoms with van der Waals surface area (Å²) in [6, 6.07) is 13.7. The van der Waals surface area contributed by atoms with Crippen molar-refractivity contribution in [1.82, 2.24) is 0 Å². The highest BCUT2D eigenvalue weighted by atomic mass is 79.9. The van der Waals surface area contributed by atoms with Gasteiger partial charge in [-0.2, -0.15) is 4.99 Å². The summed E-state index contributed by atoms with van der Waals surface area (Å²) < 4.78 is 25.5. The van der Waals surface area contributed by atoms with Crippen LogP contribution in [0.25, 0.3) is 0 Å². The van der Waals surface area contributed by atoms with Gasteiger partial charge in [-0.25, -0.2) is 8.42 Å². The third-order valence-electron chi connectivity index (χ3n) is 5.45. The molecule has 2 aliphatic heterocycles. The fourth-order valence-electron chi connectivity index (χ4n) is 4.17. The van der Waals surface area contributed by atoms with Gasteiger partial charge in [-0.05, 0) is 49.1 Å². The molecule has 0 aromatic heterocycles. The first kappa shape index (κ1) is 21.6. The highest BCUT2D eigenvalue weighted by Gasteiger charge is 2.50. The second-order valence-corrected chi connectivity index (χ2v) is 12.1. The van der Waals surface area contributed by atoms with Crippen LogP contribution < -0.4 is 4.90 Å². The number of sulfone groups is 1. The molecule has 2 aliphatic rings. The summed E-state index contributed by atoms with van der Waals surface area (Å²) in [7, 11) is -3.09. The van der Waals surface area contributed by atoms with Crippen LogP contribution in [0.2, 0.25) is 0 Å². The SMILES string of the molecule is Cc1cc(Br)cc(C)c1N1C(=NC(=O)CCc2ccccc2)SC2CS(=O)(=O)CC21. The van der Waals surface area contributed by atoms with E-state index in [1.54, 1.807) is 0 Å². The van der Waals surface area contributed by atoms with Crippen molar-refractivity contribution in [2.45, 2.75) is 38.0 Å². The molecule has 5 nitrogen and oxygen atoms in total. The summed E-state index contributed by atoms with van der Waals surface area (Å²) in [6.45, 7) is 4.01. The number of carbonyl (C=O) groups is 1. The number of nitrogens with zero attached hydrogens (tertiary/aromatic N) is 2. The number of thioether (sulfide) groups is 1. The molecule has 0 radical (unpaired) electrons. The first-order valence-corrected chi connectivity index (χ1v) is 13.3. The van der Waals surface area contributed by atoms with E-state index in [9.17, 15) is 13.2 Å². The summed E-state index contributed by atoms with van der Waals surface area (Å²) in [5, 5.41) is 0.518. The van der Waals surface area contributed by atoms with Crippen molar-refractivity contribution in [2.24, 2.45) is 4.99 Å². The molecule has 2 unspecified atom stereocenters. The zero-order valence-electron chi connectivity index (χ0n) is 16.8. The first-order chi connectivity index (χ1) is 14.2. The second kappa shape index (κ2) is 8.48. The number of hydrogen-bond acceptors (Lipinski definition) is 4. The van der Waals surface area contributed by atoms with Crippen LogP contribution in [0.15, 0.2) is 51.9 Å². The minimum absolute atomic E-state index is 0.0941. The van der Waals surface area contributed by atoms with Crippen LogP contribution in [-0.2, 0) is 21.1 Å². The average molecular weight is 507 g/mol. The number of amides is 1. The molecular formula is C22H23BrN2O3S2. The van der Waals surface area contributed by atoms with Gasteiger partial charge in [0.2, 0.25) is 5.91 Å². The van der Waals surface area contributed by atoms with Crippen LogP contribution in [0.1, 0.15) is 23.1 Å². The fourth-order valence-corrected chi connectivity index (χ4v) is 8.77. The van der Waals surface area contributed by atoms with E-state index in [1.807, 2.05) is 61.2 Å². The largest absolute Gasteiger partial charge is 0.315 e. The van der Waals surface area contributed by atoms with E-state index in [0.29, 0.717) is 18.0 Å². The van der Waals surface area contributed by atoms with E-state index >= 15 is 0 Å². The molecule has 2 aromatic rings. The van der Waals surface area contributed by atoms with Crippen LogP contribution in [0, 0.1) is 13.8 Å². The van der Waals surface area contributed by atoms with E-state index in [-0.39, 0.29) is 28.7 Å². The van der Waals surface area contributed by atoms with Crippen LogP contribution >= 0.6 is 27.7 Å². The number of rotatable bonds is 4. The molecular weight excluding hydrogens is 484 g/mol. The van der Waals surface area contributed by atoms with E-state index < -0.39 is 9.84 Å². The number of aliphatic imine (C=N–C) groups is 1. The number of aryl methyl sites for hydroxylation is 3. The van der Waals surface area contributed by atoms with Gasteiger partial charge < -0.3 is 4.90 Å². The molecule has 2 saturated heterocycles. The lowest BCUT2D eigenvalue weighted by atomic mass is 10.1. The summed E-state index contributed by atoms with van der Waals surface area (Å²) in [4.78, 5) is 19.1. The number of anilines is 1. The maximum Gasteiger partial charge on any atom is 0.248 e. The normalized spacial score (nSPS) is 23.7. The fraction of sp³-hybridized carbons (Fsp3) is 0.364. The van der Waals surface area contributed by atoms with Crippen molar-refractivity contribution < 1.29 is 13.2 Å². The lowest BCUT2D eigenvalue weighted by Crippen LogP contribution is -2.38. The van der Waals surface area contributed by atoms with Crippen LogP contribution in [0.3, 0.4) is 0 Å². The molecule has 0 aliphatic carbocycles. The zero-order chi connectivity index (χ0) is 21.5. The Kier molecular flexibility index (Phi) is 6.10. The van der Waals surface area contributed by atoms with Crippen molar-refractivity contribution >= 4 is 54.3 Å². The lowest BCUT2D eigenvalue weighted by Gasteiger charge is -2.28. The Morgan fingerprint density at radius 2 is 1.83 bits per heavy atom. The Hall–Kier alpha value is -1.64. The molecule has 2 fully saturated rings. The highest BCUT2D eigenvalue weighted by Crippen LogP contribution is 2.43. The minimum Gasteiger partial charge on any atom is -0.315 e. The predicted octanol–water partition coefficient (Wildman–Crippen LogP) is 4.30. The number of benzene rings is 2. The molecule has 30 heavy (non-hydrogen) atoms. The Morgan fingerprint density at radius 1 is 1.17 bits per heavy atom. The molecule has 158 valence electrons. The average Bonchev–Trinajstić information content (AvgIpc) is 3.12. The Bertz CT molecular complexity index is 1090. The Balaban J connectivity index is 1.65. The number of fused-ring (bicyclic) bond motifs is 1. The van der Waals surface area contributed by atoms with Gasteiger partial charge in [-0.15, -0.1) is 0 Å². The van der Waals surface area contributed by atoms with Gasteiger partial charge in [-0.3, -0.25) is 4.79 Å². The quantitative estimate of drug-likeness (QED) is 0.618. The molecule has 0 bridgehead atoms. The molecule has 2 aromatic carbocycles. The van der Waals surface area contributed by atoms with Gasteiger partial charge >= 0.3 is 0 Å². The lowest BCUT2D eigenvalue weighted by molar-refractivity contribution is -0.117. The molecule has 2 atom stereocenters. The number of halogens is 1. The smallest absolute Gasteiger partial charge is 0.248 e. The monoisotopic (exact) mass is 506 g/mol. The topological polar surface area (TPSA) is 66.8 Å². The van der Waals surface area contributed by atoms with Crippen LogP contribution in [0.5, 0.6) is 0 Å². The minimum atomic E-state index is -3.09. The van der Waals surface area contributed by atoms with Crippen LogP contribution in [-0.4, -0.2) is 42.3 Å². The number of hydrogen-bond donors (Lipinski definition) is 0. The summed E-state index contributed by atoms with van der Waals surface area (Å²) in [5.74, 6) is 0.0447. The standard InChI is InChI=1S/C22H23BrN2O3S2/c1-14-10-17(23)11-15(2)21(14)25-18-12-30(27,28)13-19(18)29-22(25)24-20(26)9-8-16-6-4-3-5-7-16/h3-7,10-11,18-19H,8-9,12-13H2,1-2H3. The van der Waals surface area contributed by atoms with Crippen molar-refractivity contribution in [3.63, 3.8) is 0 Å². The zero-order valence-corrected chi connectivity index (χ0v) is 20.1. The highest BCUT2D eigenvalue weighted by molar-refractivity contribution is 9.10. The van der Waals surface area contributed by atoms with Gasteiger partial charge in [0.05, 0.1) is 17.5 Å². The van der Waals surface area contributed by atoms with Crippen molar-refractivity contribution in [2.75, 3.05) is 16.4 Å². The number of amidine groups is 1. The molecule has 0 saturated carbocycles. The van der Waals surface area contributed by atoms with Crippen molar-refractivity contribution in [3.05, 3.63) is 63.6 Å². The molecule has 0 spiro atoms. The Labute approximate surface area is 190 Å². The maximum atomic E-state index is 12.7. The van der Waals surface area contributed by atoms with Crippen molar-refractivity contribution in [3.8, 4) is 0 Å². The van der Waals surface area contributed by atoms with Gasteiger partial charge in [-0.1, -0.05) is 58.0 Å². The van der Waals surface area contributed by atoms with Crippen LogP contribution in [0.4, 0.5) is 5.69 Å². The second-order valence-electron chi connectivity index (χ2n) is 7.83. The predicted molar refractivity (Wildman–Crippen MR) is 127 cm³/mol. The van der Waals surface area contributed by atoms with Gasteiger partial charge in [0.15, 0.2) is 15.0 Å².